The molecule has 2 saturated carbocycles. The Balaban J connectivity index is 2.15. The van der Waals surface area contributed by atoms with Crippen LogP contribution in [0.1, 0.15) is 51.4 Å². The van der Waals surface area contributed by atoms with Crippen LogP contribution in [0.25, 0.3) is 0 Å². The van der Waals surface area contributed by atoms with Crippen molar-refractivity contribution >= 4 is 23.1 Å². The molecule has 0 aromatic heterocycles. The van der Waals surface area contributed by atoms with Gasteiger partial charge in [-0.15, -0.1) is 0 Å². The summed E-state index contributed by atoms with van der Waals surface area (Å²) in [6, 6.07) is -0.0759. The van der Waals surface area contributed by atoms with E-state index < -0.39 is 11.5 Å². The van der Waals surface area contributed by atoms with E-state index >= 15 is 0 Å². The molecule has 4 nitrogen and oxygen atoms in total. The van der Waals surface area contributed by atoms with Gasteiger partial charge in [-0.25, -0.2) is 0 Å². The number of amides is 1. The van der Waals surface area contributed by atoms with Crippen molar-refractivity contribution in [2.75, 3.05) is 7.05 Å². The molecule has 108 valence electrons. The number of nitrogens with two attached hydrogens (primary N) is 1. The molecule has 0 heterocycles. The highest BCUT2D eigenvalue weighted by Crippen LogP contribution is 2.41. The van der Waals surface area contributed by atoms with Crippen molar-refractivity contribution in [1.82, 2.24) is 4.90 Å². The zero-order valence-corrected chi connectivity index (χ0v) is 12.4. The van der Waals surface area contributed by atoms with Crippen LogP contribution in [0.5, 0.6) is 0 Å². The van der Waals surface area contributed by atoms with E-state index in [4.69, 9.17) is 18.0 Å². The van der Waals surface area contributed by atoms with Gasteiger partial charge in [-0.1, -0.05) is 37.9 Å². The molecule has 0 saturated heterocycles. The third-order valence-electron chi connectivity index (χ3n) is 4.85. The summed E-state index contributed by atoms with van der Waals surface area (Å²) in [5.74, 6) is 0.0171. The van der Waals surface area contributed by atoms with E-state index in [0.29, 0.717) is 4.99 Å². The van der Waals surface area contributed by atoms with Crippen molar-refractivity contribution in [2.24, 2.45) is 11.1 Å². The van der Waals surface area contributed by atoms with Crippen molar-refractivity contribution < 1.29 is 9.90 Å². The van der Waals surface area contributed by atoms with E-state index in [1.165, 1.54) is 0 Å². The fourth-order valence-electron chi connectivity index (χ4n) is 3.58. The van der Waals surface area contributed by atoms with Gasteiger partial charge in [-0.3, -0.25) is 4.79 Å². The predicted molar refractivity (Wildman–Crippen MR) is 78.7 cm³/mol. The van der Waals surface area contributed by atoms with Gasteiger partial charge >= 0.3 is 0 Å². The minimum absolute atomic E-state index is 0.0171. The lowest BCUT2D eigenvalue weighted by Gasteiger charge is -2.39. The molecule has 2 aliphatic rings. The Morgan fingerprint density at radius 1 is 1.26 bits per heavy atom. The number of carbonyl (C=O) groups excluding carboxylic acids is 1. The Morgan fingerprint density at radius 2 is 1.84 bits per heavy atom. The maximum absolute atomic E-state index is 12.8. The molecule has 0 aromatic carbocycles. The van der Waals surface area contributed by atoms with Gasteiger partial charge in [-0.2, -0.15) is 0 Å². The normalized spacial score (nSPS) is 30.0. The van der Waals surface area contributed by atoms with E-state index in [2.05, 4.69) is 0 Å². The summed E-state index contributed by atoms with van der Waals surface area (Å²) in [6.07, 6.45) is 6.88. The molecule has 19 heavy (non-hydrogen) atoms. The van der Waals surface area contributed by atoms with Gasteiger partial charge in [0.25, 0.3) is 0 Å². The van der Waals surface area contributed by atoms with E-state index in [1.54, 1.807) is 11.9 Å². The summed E-state index contributed by atoms with van der Waals surface area (Å²) in [4.78, 5) is 14.8. The average Bonchev–Trinajstić information content (AvgIpc) is 2.88. The minimum atomic E-state index is -0.652. The Morgan fingerprint density at radius 3 is 2.37 bits per heavy atom. The molecule has 2 aliphatic carbocycles. The molecule has 0 spiro atoms. The summed E-state index contributed by atoms with van der Waals surface area (Å²) in [5, 5.41) is 10.1. The molecule has 0 bridgehead atoms. The lowest BCUT2D eigenvalue weighted by atomic mass is 9.82. The van der Waals surface area contributed by atoms with Crippen molar-refractivity contribution in [1.29, 1.82) is 0 Å². The highest BCUT2D eigenvalue weighted by molar-refractivity contribution is 7.80. The van der Waals surface area contributed by atoms with Gasteiger partial charge in [0.05, 0.1) is 22.5 Å². The molecule has 0 radical (unpaired) electrons. The highest BCUT2D eigenvalue weighted by Gasteiger charge is 2.47. The molecule has 5 heteroatoms. The second-order valence-electron chi connectivity index (χ2n) is 5.99. The maximum Gasteiger partial charge on any atom is 0.235 e. The summed E-state index contributed by atoms with van der Waals surface area (Å²) in [7, 11) is 1.79. The van der Waals surface area contributed by atoms with E-state index in [0.717, 1.165) is 51.4 Å². The number of aliphatic hydroxyl groups excluding tert-OH is 1. The minimum Gasteiger partial charge on any atom is -0.392 e. The van der Waals surface area contributed by atoms with Crippen molar-refractivity contribution in [3.63, 3.8) is 0 Å². The third kappa shape index (κ3) is 2.63. The quantitative estimate of drug-likeness (QED) is 0.773. The summed E-state index contributed by atoms with van der Waals surface area (Å²) >= 11 is 5.16. The summed E-state index contributed by atoms with van der Waals surface area (Å²) in [6.45, 7) is 0. The third-order valence-corrected chi connectivity index (χ3v) is 5.24. The van der Waals surface area contributed by atoms with Crippen LogP contribution in [0.3, 0.4) is 0 Å². The van der Waals surface area contributed by atoms with Gasteiger partial charge in [0.15, 0.2) is 0 Å². The van der Waals surface area contributed by atoms with Crippen LogP contribution in [0.4, 0.5) is 0 Å². The SMILES string of the molecule is CN(C(=O)C1(C(N)=S)CCCC1)C1CCCCC1O. The predicted octanol–water partition coefficient (Wildman–Crippen LogP) is 1.59. The van der Waals surface area contributed by atoms with E-state index in [1.807, 2.05) is 0 Å². The van der Waals surface area contributed by atoms with Crippen molar-refractivity contribution in [3.05, 3.63) is 0 Å². The lowest BCUT2D eigenvalue weighted by Crippen LogP contribution is -2.54. The van der Waals surface area contributed by atoms with Gasteiger partial charge in [0.1, 0.15) is 0 Å². The molecule has 0 aliphatic heterocycles. The molecule has 0 aromatic rings. The van der Waals surface area contributed by atoms with Crippen LogP contribution in [-0.4, -0.2) is 40.1 Å². The van der Waals surface area contributed by atoms with E-state index in [-0.39, 0.29) is 11.9 Å². The molecule has 2 fully saturated rings. The standard InChI is InChI=1S/C14H24N2O2S/c1-16(10-6-2-3-7-11(10)17)13(18)14(12(15)19)8-4-5-9-14/h10-11,17H,2-9H2,1H3,(H2,15,19). The zero-order valence-electron chi connectivity index (χ0n) is 11.6. The van der Waals surface area contributed by atoms with Crippen LogP contribution >= 0.6 is 12.2 Å². The monoisotopic (exact) mass is 284 g/mol. The van der Waals surface area contributed by atoms with Gasteiger partial charge in [-0.05, 0) is 25.7 Å². The first kappa shape index (κ1) is 14.7. The Labute approximate surface area is 120 Å². The Kier molecular flexibility index (Phi) is 4.46. The van der Waals surface area contributed by atoms with Crippen LogP contribution in [0, 0.1) is 5.41 Å². The largest absolute Gasteiger partial charge is 0.392 e. The second kappa shape index (κ2) is 5.75. The Bertz CT molecular complexity index is 366. The van der Waals surface area contributed by atoms with Gasteiger partial charge < -0.3 is 15.7 Å². The van der Waals surface area contributed by atoms with Crippen LogP contribution < -0.4 is 5.73 Å². The molecular weight excluding hydrogens is 260 g/mol. The number of nitrogens with zero attached hydrogens (tertiary/aromatic N) is 1. The zero-order chi connectivity index (χ0) is 14.0. The first-order valence-electron chi connectivity index (χ1n) is 7.24. The van der Waals surface area contributed by atoms with Crippen LogP contribution in [-0.2, 0) is 4.79 Å². The fourth-order valence-corrected chi connectivity index (χ4v) is 3.87. The summed E-state index contributed by atoms with van der Waals surface area (Å²) in [5.41, 5.74) is 5.21. The number of thiocarbonyl (C=S) groups is 1. The lowest BCUT2D eigenvalue weighted by molar-refractivity contribution is -0.142. The molecule has 2 rings (SSSR count). The molecule has 1 amide bonds. The van der Waals surface area contributed by atoms with Crippen molar-refractivity contribution in [2.45, 2.75) is 63.5 Å². The average molecular weight is 284 g/mol. The number of hydrogen-bond donors (Lipinski definition) is 2. The molecule has 3 N–H and O–H groups in total. The number of rotatable bonds is 3. The number of hydrogen-bond acceptors (Lipinski definition) is 3. The topological polar surface area (TPSA) is 66.6 Å². The Hall–Kier alpha value is -0.680. The van der Waals surface area contributed by atoms with Gasteiger partial charge in [0.2, 0.25) is 5.91 Å². The number of aliphatic hydroxyl groups is 1. The second-order valence-corrected chi connectivity index (χ2v) is 6.43. The molecule has 2 unspecified atom stereocenters. The first-order chi connectivity index (χ1) is 8.99. The van der Waals surface area contributed by atoms with Gasteiger partial charge in [0, 0.05) is 7.05 Å². The number of carbonyl (C=O) groups is 1. The maximum atomic E-state index is 12.8. The van der Waals surface area contributed by atoms with E-state index in [9.17, 15) is 9.90 Å². The summed E-state index contributed by atoms with van der Waals surface area (Å²) < 4.78 is 0. The van der Waals surface area contributed by atoms with Crippen LogP contribution in [0.2, 0.25) is 0 Å². The number of likely N-dealkylation sites (N-methyl/N-ethyl adjacent to an activating group) is 1. The molecule has 2 atom stereocenters. The fraction of sp³-hybridized carbons (Fsp3) is 0.857. The van der Waals surface area contributed by atoms with Crippen molar-refractivity contribution in [3.8, 4) is 0 Å². The first-order valence-corrected chi connectivity index (χ1v) is 7.65. The smallest absolute Gasteiger partial charge is 0.235 e. The molecular formula is C14H24N2O2S. The van der Waals surface area contributed by atoms with Crippen LogP contribution in [0.15, 0.2) is 0 Å². The highest BCUT2D eigenvalue weighted by atomic mass is 32.1.